The number of fused-ring (bicyclic) bond motifs is 1. The second-order valence-electron chi connectivity index (χ2n) is 9.55. The number of aromatic nitrogens is 2. The zero-order chi connectivity index (χ0) is 29.9. The number of nitrogens with two attached hydrogens (primary N) is 1. The Balaban J connectivity index is 1.91. The molecule has 4 N–H and O–H groups in total. The van der Waals surface area contributed by atoms with Gasteiger partial charge >= 0.3 is 16.0 Å². The van der Waals surface area contributed by atoms with Crippen LogP contribution in [0.2, 0.25) is 0 Å². The van der Waals surface area contributed by atoms with Gasteiger partial charge in [0.05, 0.1) is 47.7 Å². The van der Waals surface area contributed by atoms with Gasteiger partial charge in [-0.15, -0.1) is 0 Å². The van der Waals surface area contributed by atoms with Gasteiger partial charge in [0.15, 0.2) is 0 Å². The minimum atomic E-state index is -4.20. The summed E-state index contributed by atoms with van der Waals surface area (Å²) in [6.45, 7) is 6.44. The maximum absolute atomic E-state index is 14.3. The predicted molar refractivity (Wildman–Crippen MR) is 151 cm³/mol. The van der Waals surface area contributed by atoms with Crippen molar-refractivity contribution in [2.75, 3.05) is 45.1 Å². The Morgan fingerprint density at radius 1 is 1.24 bits per heavy atom. The van der Waals surface area contributed by atoms with Crippen LogP contribution in [-0.2, 0) is 19.6 Å². The molecular weight excluding hydrogens is 556 g/mol. The van der Waals surface area contributed by atoms with E-state index in [9.17, 15) is 28.1 Å². The lowest BCUT2D eigenvalue weighted by atomic mass is 10.1. The summed E-state index contributed by atoms with van der Waals surface area (Å²) in [7, 11) is -4.20. The first-order chi connectivity index (χ1) is 19.5. The number of nitro benzene ring substituents is 1. The van der Waals surface area contributed by atoms with E-state index in [0.29, 0.717) is 19.6 Å². The summed E-state index contributed by atoms with van der Waals surface area (Å²) >= 11 is 0. The largest absolute Gasteiger partial charge is 0.493 e. The number of nitrogens with one attached hydrogen (secondary N) is 2. The Kier molecular flexibility index (Phi) is 8.60. The lowest BCUT2D eigenvalue weighted by molar-refractivity contribution is -0.825. The summed E-state index contributed by atoms with van der Waals surface area (Å²) in [6, 6.07) is 5.53. The van der Waals surface area contributed by atoms with Gasteiger partial charge in [-0.1, -0.05) is 6.92 Å². The fourth-order valence-electron chi connectivity index (χ4n) is 5.06. The quantitative estimate of drug-likeness (QED) is 0.103. The van der Waals surface area contributed by atoms with Crippen molar-refractivity contribution in [3.05, 3.63) is 50.8 Å². The van der Waals surface area contributed by atoms with E-state index >= 15 is 0 Å². The molecule has 0 amide bonds. The SMILES string of the molecule is CCCOc1ccc(S(=O)(=O)[N+]2(CC)CCNCC2C(=O)OCC)cc1-c1nc2cc(N)c([N+](=O)[O-])cc2c(=O)[nH]1. The van der Waals surface area contributed by atoms with E-state index in [1.807, 2.05) is 6.92 Å². The number of nitrogen functional groups attached to an aromatic ring is 1. The minimum Gasteiger partial charge on any atom is -0.493 e. The molecule has 1 saturated heterocycles. The van der Waals surface area contributed by atoms with Crippen LogP contribution in [0.15, 0.2) is 40.0 Å². The zero-order valence-corrected chi connectivity index (χ0v) is 23.8. The van der Waals surface area contributed by atoms with Gasteiger partial charge in [0, 0.05) is 12.6 Å². The van der Waals surface area contributed by atoms with Crippen LogP contribution in [0, 0.1) is 10.1 Å². The van der Waals surface area contributed by atoms with Crippen LogP contribution in [0.3, 0.4) is 0 Å². The number of hydrogen-bond acceptors (Lipinski definition) is 11. The molecule has 15 heteroatoms. The first-order valence-electron chi connectivity index (χ1n) is 13.2. The number of nitrogens with zero attached hydrogens (tertiary/aromatic N) is 3. The number of quaternary nitrogens is 1. The molecular formula is C26H33N6O8S+. The van der Waals surface area contributed by atoms with Crippen molar-refractivity contribution < 1.29 is 31.5 Å². The summed E-state index contributed by atoms with van der Waals surface area (Å²) in [4.78, 5) is 43.5. The molecule has 0 bridgehead atoms. The fourth-order valence-corrected chi connectivity index (χ4v) is 7.15. The molecule has 3 aromatic rings. The summed E-state index contributed by atoms with van der Waals surface area (Å²) in [5.41, 5.74) is 4.82. The minimum absolute atomic E-state index is 0.00999. The molecule has 41 heavy (non-hydrogen) atoms. The third-order valence-electron chi connectivity index (χ3n) is 7.16. The summed E-state index contributed by atoms with van der Waals surface area (Å²) in [5, 5.41) is 14.3. The lowest BCUT2D eigenvalue weighted by Crippen LogP contribution is -2.69. The molecule has 2 aromatic carbocycles. The van der Waals surface area contributed by atoms with Crippen molar-refractivity contribution in [2.45, 2.75) is 38.1 Å². The molecule has 1 aliphatic heterocycles. The van der Waals surface area contributed by atoms with Gasteiger partial charge in [-0.25, -0.2) is 13.7 Å². The van der Waals surface area contributed by atoms with Crippen molar-refractivity contribution in [3.63, 3.8) is 0 Å². The number of carbonyl (C=O) groups excluding carboxylic acids is 1. The van der Waals surface area contributed by atoms with Crippen LogP contribution in [-0.4, -0.2) is 78.6 Å². The van der Waals surface area contributed by atoms with E-state index in [-0.39, 0.29) is 64.9 Å². The van der Waals surface area contributed by atoms with Crippen LogP contribution < -0.4 is 21.3 Å². The number of sulfonamides is 1. The van der Waals surface area contributed by atoms with Gasteiger partial charge in [-0.3, -0.25) is 14.9 Å². The highest BCUT2D eigenvalue weighted by atomic mass is 32.2. The number of likely N-dealkylation sites (N-methyl/N-ethyl adjacent to an activating group) is 1. The van der Waals surface area contributed by atoms with Gasteiger partial charge in [-0.2, -0.15) is 8.42 Å². The second kappa shape index (κ2) is 11.8. The van der Waals surface area contributed by atoms with E-state index in [1.165, 1.54) is 24.3 Å². The number of aromatic amines is 1. The summed E-state index contributed by atoms with van der Waals surface area (Å²) in [5.74, 6) is -0.349. The molecule has 14 nitrogen and oxygen atoms in total. The average Bonchev–Trinajstić information content (AvgIpc) is 2.95. The van der Waals surface area contributed by atoms with Crippen LogP contribution in [0.25, 0.3) is 22.3 Å². The van der Waals surface area contributed by atoms with Crippen LogP contribution in [0.1, 0.15) is 27.2 Å². The highest BCUT2D eigenvalue weighted by Gasteiger charge is 2.53. The van der Waals surface area contributed by atoms with Gasteiger partial charge in [-0.05, 0) is 44.5 Å². The number of esters is 1. The van der Waals surface area contributed by atoms with Crippen LogP contribution >= 0.6 is 0 Å². The van der Waals surface area contributed by atoms with Gasteiger partial charge in [0.2, 0.25) is 6.04 Å². The van der Waals surface area contributed by atoms with Crippen molar-refractivity contribution in [3.8, 4) is 17.1 Å². The highest BCUT2D eigenvalue weighted by Crippen LogP contribution is 2.36. The Morgan fingerprint density at radius 2 is 2.00 bits per heavy atom. The third-order valence-corrected chi connectivity index (χ3v) is 9.66. The van der Waals surface area contributed by atoms with Crippen LogP contribution in [0.4, 0.5) is 11.4 Å². The Bertz CT molecular complexity index is 1660. The molecule has 220 valence electrons. The van der Waals surface area contributed by atoms with E-state index in [4.69, 9.17) is 15.2 Å². The molecule has 0 aliphatic carbocycles. The van der Waals surface area contributed by atoms with Gasteiger partial charge in [0.1, 0.15) is 28.7 Å². The monoisotopic (exact) mass is 589 g/mol. The molecule has 1 fully saturated rings. The average molecular weight is 590 g/mol. The molecule has 1 aliphatic rings. The maximum Gasteiger partial charge on any atom is 0.367 e. The molecule has 0 radical (unpaired) electrons. The van der Waals surface area contributed by atoms with Gasteiger partial charge in [0.25, 0.3) is 11.2 Å². The molecule has 0 saturated carbocycles. The highest BCUT2D eigenvalue weighted by molar-refractivity contribution is 7.86. The molecule has 2 heterocycles. The summed E-state index contributed by atoms with van der Waals surface area (Å²) in [6.07, 6.45) is 0.658. The van der Waals surface area contributed by atoms with Crippen molar-refractivity contribution in [1.29, 1.82) is 0 Å². The molecule has 1 aromatic heterocycles. The number of benzene rings is 2. The van der Waals surface area contributed by atoms with E-state index in [1.54, 1.807) is 13.8 Å². The van der Waals surface area contributed by atoms with E-state index in [2.05, 4.69) is 15.3 Å². The predicted octanol–water partition coefficient (Wildman–Crippen LogP) is 1.93. The summed E-state index contributed by atoms with van der Waals surface area (Å²) < 4.78 is 39.2. The number of anilines is 1. The van der Waals surface area contributed by atoms with Crippen molar-refractivity contribution >= 4 is 38.3 Å². The number of rotatable bonds is 10. The number of carbonyl (C=O) groups is 1. The Morgan fingerprint density at radius 3 is 2.66 bits per heavy atom. The standard InChI is InChI=1S/C26H32N6O8S/c1-4-11-40-23-8-7-16(41(37,38)32(5-2)10-9-28-15-22(32)26(34)39-6-3)12-18(23)24-29-20-14-19(27)21(31(35)36)13-17(20)25(33)30-24/h7-8,12-14,22,28H,4-6,9-11,15H2,1-3H3,(H2-,27,29,30,33)/p+1. The zero-order valence-electron chi connectivity index (χ0n) is 23.0. The first-order valence-corrected chi connectivity index (χ1v) is 14.7. The molecule has 2 atom stereocenters. The van der Waals surface area contributed by atoms with Gasteiger partial charge < -0.3 is 25.5 Å². The molecule has 4 rings (SSSR count). The second-order valence-corrected chi connectivity index (χ2v) is 11.7. The smallest absolute Gasteiger partial charge is 0.367 e. The van der Waals surface area contributed by atoms with Crippen LogP contribution in [0.5, 0.6) is 5.75 Å². The van der Waals surface area contributed by atoms with Crippen molar-refractivity contribution in [2.24, 2.45) is 0 Å². The first kappa shape index (κ1) is 29.9. The number of hydrogen-bond donors (Lipinski definition) is 3. The van der Waals surface area contributed by atoms with Crippen molar-refractivity contribution in [1.82, 2.24) is 15.3 Å². The molecule has 2 unspecified atom stereocenters. The maximum atomic E-state index is 14.3. The Labute approximate surface area is 236 Å². The fraction of sp³-hybridized carbons (Fsp3) is 0.423. The molecule has 0 spiro atoms. The topological polar surface area (TPSA) is 197 Å². The Hall–Kier alpha value is -4.08. The third kappa shape index (κ3) is 5.35. The lowest BCUT2D eigenvalue weighted by Gasteiger charge is -2.43. The normalized spacial score (nSPS) is 19.1. The van der Waals surface area contributed by atoms with E-state index < -0.39 is 42.1 Å². The number of ether oxygens (including phenoxy) is 2. The number of H-pyrrole nitrogens is 1. The number of nitro groups is 1. The number of piperazine rings is 1. The van der Waals surface area contributed by atoms with E-state index in [0.717, 1.165) is 6.07 Å².